The molecular formula is C11H21NO. The van der Waals surface area contributed by atoms with Crippen molar-refractivity contribution in [3.05, 3.63) is 12.2 Å². The van der Waals surface area contributed by atoms with Crippen molar-refractivity contribution < 1.29 is 5.11 Å². The molecule has 0 aromatic heterocycles. The lowest BCUT2D eigenvalue weighted by molar-refractivity contribution is 0.132. The number of likely N-dealkylation sites (tertiary alicyclic amines) is 1. The fourth-order valence-electron chi connectivity index (χ4n) is 1.74. The summed E-state index contributed by atoms with van der Waals surface area (Å²) >= 11 is 0. The van der Waals surface area contributed by atoms with Crippen LogP contribution in [0.5, 0.6) is 0 Å². The van der Waals surface area contributed by atoms with Crippen molar-refractivity contribution >= 4 is 0 Å². The predicted molar refractivity (Wildman–Crippen MR) is 55.7 cm³/mol. The lowest BCUT2D eigenvalue weighted by Gasteiger charge is -2.30. The number of aliphatic hydroxyl groups excluding tert-OH is 1. The fraction of sp³-hybridized carbons (Fsp3) is 0.818. The second-order valence-electron chi connectivity index (χ2n) is 4.17. The number of nitrogens with zero attached hydrogens (tertiary/aromatic N) is 1. The topological polar surface area (TPSA) is 23.5 Å². The number of rotatable bonds is 4. The molecule has 0 radical (unpaired) electrons. The van der Waals surface area contributed by atoms with E-state index in [4.69, 9.17) is 5.11 Å². The van der Waals surface area contributed by atoms with Crippen molar-refractivity contribution in [2.24, 2.45) is 5.92 Å². The van der Waals surface area contributed by atoms with E-state index in [1.54, 1.807) is 0 Å². The zero-order valence-corrected chi connectivity index (χ0v) is 8.63. The number of piperidine rings is 1. The zero-order valence-electron chi connectivity index (χ0n) is 8.63. The average Bonchev–Trinajstić information content (AvgIpc) is 2.15. The van der Waals surface area contributed by atoms with E-state index < -0.39 is 0 Å². The quantitative estimate of drug-likeness (QED) is 0.670. The molecule has 0 aliphatic carbocycles. The molecule has 2 heteroatoms. The van der Waals surface area contributed by atoms with Crippen LogP contribution in [-0.2, 0) is 0 Å². The predicted octanol–water partition coefficient (Wildman–Crippen LogP) is 1.66. The maximum Gasteiger partial charge on any atom is 0.0460 e. The van der Waals surface area contributed by atoms with Crippen LogP contribution in [0, 0.1) is 5.92 Å². The van der Waals surface area contributed by atoms with Crippen molar-refractivity contribution in [2.45, 2.75) is 26.2 Å². The summed E-state index contributed by atoms with van der Waals surface area (Å²) in [5.74, 6) is 0.557. The zero-order chi connectivity index (χ0) is 9.68. The Labute approximate surface area is 81.2 Å². The summed E-state index contributed by atoms with van der Waals surface area (Å²) in [6, 6.07) is 0. The van der Waals surface area contributed by atoms with Crippen molar-refractivity contribution in [3.63, 3.8) is 0 Å². The number of hydrogen-bond donors (Lipinski definition) is 1. The van der Waals surface area contributed by atoms with E-state index in [0.717, 1.165) is 38.9 Å². The molecule has 1 aliphatic heterocycles. The van der Waals surface area contributed by atoms with Crippen molar-refractivity contribution in [1.29, 1.82) is 0 Å². The molecule has 0 spiro atoms. The first kappa shape index (κ1) is 10.7. The van der Waals surface area contributed by atoms with E-state index in [2.05, 4.69) is 18.4 Å². The molecule has 1 fully saturated rings. The third kappa shape index (κ3) is 3.92. The molecule has 0 unspecified atom stereocenters. The normalized spacial score (nSPS) is 20.5. The van der Waals surface area contributed by atoms with Gasteiger partial charge in [0.05, 0.1) is 0 Å². The molecule has 0 saturated carbocycles. The van der Waals surface area contributed by atoms with Gasteiger partial charge >= 0.3 is 0 Å². The van der Waals surface area contributed by atoms with Gasteiger partial charge in [0, 0.05) is 13.2 Å². The smallest absolute Gasteiger partial charge is 0.0460 e. The van der Waals surface area contributed by atoms with E-state index in [1.165, 1.54) is 5.57 Å². The second-order valence-corrected chi connectivity index (χ2v) is 4.17. The van der Waals surface area contributed by atoms with Crippen molar-refractivity contribution in [2.75, 3.05) is 26.2 Å². The maximum atomic E-state index is 8.96. The average molecular weight is 183 g/mol. The van der Waals surface area contributed by atoms with Crippen LogP contribution in [0.4, 0.5) is 0 Å². The van der Waals surface area contributed by atoms with Crippen LogP contribution < -0.4 is 0 Å². The van der Waals surface area contributed by atoms with Gasteiger partial charge in [-0.1, -0.05) is 5.57 Å². The van der Waals surface area contributed by atoms with Crippen LogP contribution >= 0.6 is 0 Å². The Morgan fingerprint density at radius 1 is 1.46 bits per heavy atom. The molecule has 0 amide bonds. The van der Waals surface area contributed by atoms with E-state index in [9.17, 15) is 0 Å². The molecule has 1 heterocycles. The molecule has 0 aromatic carbocycles. The largest absolute Gasteiger partial charge is 0.396 e. The van der Waals surface area contributed by atoms with Crippen LogP contribution in [-0.4, -0.2) is 36.2 Å². The molecule has 13 heavy (non-hydrogen) atoms. The highest BCUT2D eigenvalue weighted by Crippen LogP contribution is 2.16. The van der Waals surface area contributed by atoms with Gasteiger partial charge in [-0.15, -0.1) is 6.58 Å². The van der Waals surface area contributed by atoms with Crippen LogP contribution in [0.2, 0.25) is 0 Å². The molecule has 1 saturated heterocycles. The van der Waals surface area contributed by atoms with Crippen LogP contribution in [0.15, 0.2) is 12.2 Å². The minimum absolute atomic E-state index is 0.369. The minimum Gasteiger partial charge on any atom is -0.396 e. The SMILES string of the molecule is C=C(C)CCN1CCC(CO)CC1. The van der Waals surface area contributed by atoms with E-state index in [1.807, 2.05) is 0 Å². The molecular weight excluding hydrogens is 162 g/mol. The highest BCUT2D eigenvalue weighted by atomic mass is 16.3. The van der Waals surface area contributed by atoms with Crippen LogP contribution in [0.3, 0.4) is 0 Å². The van der Waals surface area contributed by atoms with Gasteiger partial charge in [0.2, 0.25) is 0 Å². The summed E-state index contributed by atoms with van der Waals surface area (Å²) in [7, 11) is 0. The second kappa shape index (κ2) is 5.40. The minimum atomic E-state index is 0.369. The summed E-state index contributed by atoms with van der Waals surface area (Å²) < 4.78 is 0. The van der Waals surface area contributed by atoms with Gasteiger partial charge in [-0.05, 0) is 45.2 Å². The van der Waals surface area contributed by atoms with Crippen LogP contribution in [0.1, 0.15) is 26.2 Å². The van der Waals surface area contributed by atoms with E-state index in [0.29, 0.717) is 12.5 Å². The Hall–Kier alpha value is -0.340. The maximum absolute atomic E-state index is 8.96. The third-order valence-corrected chi connectivity index (χ3v) is 2.82. The summed E-state index contributed by atoms with van der Waals surface area (Å²) in [4.78, 5) is 2.47. The summed E-state index contributed by atoms with van der Waals surface area (Å²) in [6.07, 6.45) is 3.43. The highest BCUT2D eigenvalue weighted by Gasteiger charge is 2.17. The van der Waals surface area contributed by atoms with Gasteiger partial charge in [-0.3, -0.25) is 0 Å². The third-order valence-electron chi connectivity index (χ3n) is 2.82. The van der Waals surface area contributed by atoms with E-state index >= 15 is 0 Å². The molecule has 1 rings (SSSR count). The molecule has 0 atom stereocenters. The van der Waals surface area contributed by atoms with Crippen molar-refractivity contribution in [3.8, 4) is 0 Å². The van der Waals surface area contributed by atoms with Gasteiger partial charge in [-0.25, -0.2) is 0 Å². The Kier molecular flexibility index (Phi) is 4.46. The first-order valence-corrected chi connectivity index (χ1v) is 5.20. The Balaban J connectivity index is 2.14. The molecule has 0 aromatic rings. The van der Waals surface area contributed by atoms with Gasteiger partial charge in [0.15, 0.2) is 0 Å². The first-order chi connectivity index (χ1) is 6.22. The Morgan fingerprint density at radius 3 is 2.54 bits per heavy atom. The molecule has 2 nitrogen and oxygen atoms in total. The Bertz CT molecular complexity index is 159. The highest BCUT2D eigenvalue weighted by molar-refractivity contribution is 4.89. The summed E-state index contributed by atoms with van der Waals surface area (Å²) in [6.45, 7) is 9.81. The van der Waals surface area contributed by atoms with Gasteiger partial charge < -0.3 is 10.0 Å². The molecule has 76 valence electrons. The molecule has 1 N–H and O–H groups in total. The van der Waals surface area contributed by atoms with Crippen LogP contribution in [0.25, 0.3) is 0 Å². The molecule has 1 aliphatic rings. The first-order valence-electron chi connectivity index (χ1n) is 5.20. The Morgan fingerprint density at radius 2 is 2.08 bits per heavy atom. The van der Waals surface area contributed by atoms with E-state index in [-0.39, 0.29) is 0 Å². The number of aliphatic hydroxyl groups is 1. The summed E-state index contributed by atoms with van der Waals surface area (Å²) in [5.41, 5.74) is 1.27. The number of hydrogen-bond acceptors (Lipinski definition) is 2. The lowest BCUT2D eigenvalue weighted by atomic mass is 9.98. The van der Waals surface area contributed by atoms with Gasteiger partial charge in [0.1, 0.15) is 0 Å². The lowest BCUT2D eigenvalue weighted by Crippen LogP contribution is -2.35. The van der Waals surface area contributed by atoms with Crippen molar-refractivity contribution in [1.82, 2.24) is 4.90 Å². The molecule has 0 bridgehead atoms. The summed E-state index contributed by atoms with van der Waals surface area (Å²) in [5, 5.41) is 8.96. The monoisotopic (exact) mass is 183 g/mol. The van der Waals surface area contributed by atoms with Gasteiger partial charge in [-0.2, -0.15) is 0 Å². The van der Waals surface area contributed by atoms with Gasteiger partial charge in [0.25, 0.3) is 0 Å². The standard InChI is InChI=1S/C11H21NO/c1-10(2)3-6-12-7-4-11(9-13)5-8-12/h11,13H,1,3-9H2,2H3. The fourth-order valence-corrected chi connectivity index (χ4v) is 1.74.